The summed E-state index contributed by atoms with van der Waals surface area (Å²) in [5, 5.41) is 3.51. The van der Waals surface area contributed by atoms with Gasteiger partial charge in [0.05, 0.1) is 12.5 Å². The van der Waals surface area contributed by atoms with Gasteiger partial charge in [-0.15, -0.1) is 0 Å². The first-order valence-electron chi connectivity index (χ1n) is 8.20. The Morgan fingerprint density at radius 2 is 1.91 bits per heavy atom. The Balaban J connectivity index is 1.99. The van der Waals surface area contributed by atoms with Crippen molar-refractivity contribution in [1.82, 2.24) is 10.2 Å². The van der Waals surface area contributed by atoms with Gasteiger partial charge in [-0.25, -0.2) is 4.79 Å². The van der Waals surface area contributed by atoms with Crippen molar-refractivity contribution in [3.8, 4) is 0 Å². The minimum Gasteiger partial charge on any atom is -0.466 e. The van der Waals surface area contributed by atoms with Crippen molar-refractivity contribution in [3.05, 3.63) is 0 Å². The van der Waals surface area contributed by atoms with Crippen LogP contribution in [0.2, 0.25) is 0 Å². The van der Waals surface area contributed by atoms with Crippen LogP contribution in [0.3, 0.4) is 0 Å². The lowest BCUT2D eigenvalue weighted by molar-refractivity contribution is -0.150. The van der Waals surface area contributed by atoms with E-state index in [1.54, 1.807) is 11.8 Å². The Morgan fingerprint density at radius 1 is 1.23 bits per heavy atom. The highest BCUT2D eigenvalue weighted by Gasteiger charge is 2.40. The number of carbonyl (C=O) groups is 2. The minimum atomic E-state index is -0.528. The molecule has 1 aliphatic carbocycles. The highest BCUT2D eigenvalue weighted by Crippen LogP contribution is 2.26. The summed E-state index contributed by atoms with van der Waals surface area (Å²) in [6.07, 6.45) is 2.73. The number of carbonyl (C=O) groups excluding carboxylic acids is 2. The minimum absolute atomic E-state index is 0.0882. The van der Waals surface area contributed by atoms with Crippen LogP contribution < -0.4 is 5.32 Å². The maximum atomic E-state index is 12.2. The number of hydrogen-bond donors (Lipinski definition) is 1. The number of rotatable bonds is 4. The highest BCUT2D eigenvalue weighted by atomic mass is 16.6. The second-order valence-electron chi connectivity index (χ2n) is 7.12. The number of nitrogens with one attached hydrogen (secondary N) is 1. The topological polar surface area (TPSA) is 67.9 Å². The van der Waals surface area contributed by atoms with E-state index in [9.17, 15) is 9.59 Å². The summed E-state index contributed by atoms with van der Waals surface area (Å²) in [7, 11) is 0. The molecule has 0 spiro atoms. The molecule has 1 aliphatic heterocycles. The zero-order chi connectivity index (χ0) is 16.3. The summed E-state index contributed by atoms with van der Waals surface area (Å²) in [5.41, 5.74) is -0.528. The Bertz CT molecular complexity index is 415. The van der Waals surface area contributed by atoms with Gasteiger partial charge in [-0.2, -0.15) is 0 Å². The lowest BCUT2D eigenvalue weighted by Gasteiger charge is -2.38. The molecule has 1 amide bonds. The summed E-state index contributed by atoms with van der Waals surface area (Å²) in [4.78, 5) is 26.1. The number of hydrogen-bond acceptors (Lipinski definition) is 5. The van der Waals surface area contributed by atoms with E-state index < -0.39 is 5.60 Å². The van der Waals surface area contributed by atoms with Crippen LogP contribution in [-0.2, 0) is 14.3 Å². The van der Waals surface area contributed by atoms with E-state index in [2.05, 4.69) is 5.32 Å². The first-order valence-corrected chi connectivity index (χ1v) is 8.20. The van der Waals surface area contributed by atoms with E-state index >= 15 is 0 Å². The van der Waals surface area contributed by atoms with Gasteiger partial charge >= 0.3 is 12.1 Å². The number of nitrogens with zero attached hydrogens (tertiary/aromatic N) is 1. The van der Waals surface area contributed by atoms with Gasteiger partial charge in [0.2, 0.25) is 0 Å². The van der Waals surface area contributed by atoms with Gasteiger partial charge in [0, 0.05) is 25.2 Å². The summed E-state index contributed by atoms with van der Waals surface area (Å²) in [5.74, 6) is -0.546. The fourth-order valence-corrected chi connectivity index (χ4v) is 2.68. The molecule has 126 valence electrons. The van der Waals surface area contributed by atoms with Crippen LogP contribution in [-0.4, -0.2) is 54.3 Å². The third kappa shape index (κ3) is 4.87. The van der Waals surface area contributed by atoms with Crippen molar-refractivity contribution in [1.29, 1.82) is 0 Å². The van der Waals surface area contributed by atoms with Crippen molar-refractivity contribution < 1.29 is 19.1 Å². The zero-order valence-electron chi connectivity index (χ0n) is 14.1. The van der Waals surface area contributed by atoms with Gasteiger partial charge in [0.1, 0.15) is 5.60 Å². The first kappa shape index (κ1) is 17.1. The molecule has 0 aromatic heterocycles. The zero-order valence-corrected chi connectivity index (χ0v) is 14.1. The third-order valence-corrected chi connectivity index (χ3v) is 3.88. The Kier molecular flexibility index (Phi) is 5.32. The van der Waals surface area contributed by atoms with E-state index in [1.807, 2.05) is 20.8 Å². The summed E-state index contributed by atoms with van der Waals surface area (Å²) in [6, 6.07) is 0.611. The van der Waals surface area contributed by atoms with Crippen molar-refractivity contribution in [2.45, 2.75) is 64.6 Å². The van der Waals surface area contributed by atoms with Crippen molar-refractivity contribution >= 4 is 12.1 Å². The second kappa shape index (κ2) is 6.86. The number of piperidine rings is 1. The van der Waals surface area contributed by atoms with Gasteiger partial charge in [-0.1, -0.05) is 0 Å². The van der Waals surface area contributed by atoms with Gasteiger partial charge in [0.25, 0.3) is 0 Å². The normalized spacial score (nSPS) is 25.7. The standard InChI is InChI=1S/C16H28N2O4/c1-5-21-14(19)12-10-18(15(20)22-16(2,3)4)9-8-13(12)17-11-6-7-11/h11-13,17H,5-10H2,1-4H3/t12-,13+/m1/s1. The van der Waals surface area contributed by atoms with Crippen LogP contribution in [0.4, 0.5) is 4.79 Å². The van der Waals surface area contributed by atoms with Crippen molar-refractivity contribution in [2.75, 3.05) is 19.7 Å². The van der Waals surface area contributed by atoms with E-state index in [0.29, 0.717) is 25.7 Å². The maximum Gasteiger partial charge on any atom is 0.410 e. The monoisotopic (exact) mass is 312 g/mol. The van der Waals surface area contributed by atoms with Gasteiger partial charge < -0.3 is 19.7 Å². The van der Waals surface area contributed by atoms with Crippen LogP contribution in [0.15, 0.2) is 0 Å². The molecule has 6 nitrogen and oxygen atoms in total. The Labute approximate surface area is 132 Å². The molecular formula is C16H28N2O4. The molecule has 1 saturated carbocycles. The molecule has 2 rings (SSSR count). The van der Waals surface area contributed by atoms with E-state index in [4.69, 9.17) is 9.47 Å². The lowest BCUT2D eigenvalue weighted by atomic mass is 9.92. The SMILES string of the molecule is CCOC(=O)[C@@H]1CN(C(=O)OC(C)(C)C)CC[C@@H]1NC1CC1. The largest absolute Gasteiger partial charge is 0.466 e. The van der Waals surface area contributed by atoms with E-state index in [0.717, 1.165) is 6.42 Å². The average molecular weight is 312 g/mol. The van der Waals surface area contributed by atoms with Gasteiger partial charge in [-0.3, -0.25) is 4.79 Å². The molecule has 1 N–H and O–H groups in total. The van der Waals surface area contributed by atoms with Crippen LogP contribution in [0.25, 0.3) is 0 Å². The number of amides is 1. The molecule has 2 fully saturated rings. The molecule has 1 saturated heterocycles. The Morgan fingerprint density at radius 3 is 2.45 bits per heavy atom. The van der Waals surface area contributed by atoms with Gasteiger partial charge in [0.15, 0.2) is 0 Å². The quantitative estimate of drug-likeness (QED) is 0.803. The molecule has 6 heteroatoms. The Hall–Kier alpha value is -1.30. The molecule has 1 heterocycles. The molecule has 0 aromatic carbocycles. The average Bonchev–Trinajstić information content (AvgIpc) is 3.21. The molecule has 0 unspecified atom stereocenters. The van der Waals surface area contributed by atoms with E-state index in [1.165, 1.54) is 12.8 Å². The number of ether oxygens (including phenoxy) is 2. The van der Waals surface area contributed by atoms with E-state index in [-0.39, 0.29) is 24.0 Å². The van der Waals surface area contributed by atoms with Crippen molar-refractivity contribution in [2.24, 2.45) is 5.92 Å². The molecule has 2 aliphatic rings. The predicted molar refractivity (Wildman–Crippen MR) is 82.5 cm³/mol. The second-order valence-corrected chi connectivity index (χ2v) is 7.12. The van der Waals surface area contributed by atoms with Crippen molar-refractivity contribution in [3.63, 3.8) is 0 Å². The van der Waals surface area contributed by atoms with Crippen LogP contribution in [0, 0.1) is 5.92 Å². The summed E-state index contributed by atoms with van der Waals surface area (Å²) < 4.78 is 10.6. The molecule has 0 radical (unpaired) electrons. The first-order chi connectivity index (χ1) is 10.3. The highest BCUT2D eigenvalue weighted by molar-refractivity contribution is 5.75. The molecule has 0 aromatic rings. The molecule has 2 atom stereocenters. The number of likely N-dealkylation sites (tertiary alicyclic amines) is 1. The molecule has 22 heavy (non-hydrogen) atoms. The van der Waals surface area contributed by atoms with Gasteiger partial charge in [-0.05, 0) is 47.0 Å². The fourth-order valence-electron chi connectivity index (χ4n) is 2.68. The third-order valence-electron chi connectivity index (χ3n) is 3.88. The predicted octanol–water partition coefficient (Wildman–Crippen LogP) is 1.93. The maximum absolute atomic E-state index is 12.2. The lowest BCUT2D eigenvalue weighted by Crippen LogP contribution is -2.55. The number of esters is 1. The van der Waals surface area contributed by atoms with Crippen LogP contribution in [0.1, 0.15) is 47.0 Å². The molecular weight excluding hydrogens is 284 g/mol. The fraction of sp³-hybridized carbons (Fsp3) is 0.875. The summed E-state index contributed by atoms with van der Waals surface area (Å²) in [6.45, 7) is 8.65. The smallest absolute Gasteiger partial charge is 0.410 e. The summed E-state index contributed by atoms with van der Waals surface area (Å²) >= 11 is 0. The van der Waals surface area contributed by atoms with Crippen LogP contribution in [0.5, 0.6) is 0 Å². The van der Waals surface area contributed by atoms with Crippen LogP contribution >= 0.6 is 0 Å². The molecule has 0 bridgehead atoms.